The Bertz CT molecular complexity index is 541. The third-order valence-electron chi connectivity index (χ3n) is 4.90. The van der Waals surface area contributed by atoms with E-state index in [4.69, 9.17) is 4.74 Å². The second kappa shape index (κ2) is 6.62. The summed E-state index contributed by atoms with van der Waals surface area (Å²) in [7, 11) is 0. The lowest BCUT2D eigenvalue weighted by Gasteiger charge is -2.31. The van der Waals surface area contributed by atoms with Gasteiger partial charge in [0.25, 0.3) is 5.91 Å². The van der Waals surface area contributed by atoms with E-state index in [-0.39, 0.29) is 23.5 Å². The first-order valence-electron chi connectivity index (χ1n) is 8.70. The van der Waals surface area contributed by atoms with Crippen molar-refractivity contribution >= 4 is 5.91 Å². The second-order valence-corrected chi connectivity index (χ2v) is 7.63. The SMILES string of the molecule is CC(C)(C)c1ccc(C2CCCN2C(=O)C2CNCCO2)cc1. The molecule has 3 rings (SSSR count). The minimum Gasteiger partial charge on any atom is -0.366 e. The molecule has 0 bridgehead atoms. The highest BCUT2D eigenvalue weighted by atomic mass is 16.5. The Morgan fingerprint density at radius 3 is 2.61 bits per heavy atom. The number of carbonyl (C=O) groups is 1. The molecule has 2 heterocycles. The van der Waals surface area contributed by atoms with Crippen LogP contribution in [0.2, 0.25) is 0 Å². The van der Waals surface area contributed by atoms with E-state index in [0.29, 0.717) is 13.2 Å². The van der Waals surface area contributed by atoms with Crippen molar-refractivity contribution < 1.29 is 9.53 Å². The van der Waals surface area contributed by atoms with Crippen LogP contribution in [0.4, 0.5) is 0 Å². The average Bonchev–Trinajstić information content (AvgIpc) is 3.04. The second-order valence-electron chi connectivity index (χ2n) is 7.63. The van der Waals surface area contributed by atoms with Gasteiger partial charge in [-0.2, -0.15) is 0 Å². The third kappa shape index (κ3) is 3.59. The number of morpholine rings is 1. The number of amides is 1. The van der Waals surface area contributed by atoms with Gasteiger partial charge in [-0.1, -0.05) is 45.0 Å². The molecule has 4 heteroatoms. The lowest BCUT2D eigenvalue weighted by atomic mass is 9.86. The van der Waals surface area contributed by atoms with Crippen molar-refractivity contribution in [3.05, 3.63) is 35.4 Å². The molecule has 2 atom stereocenters. The zero-order valence-electron chi connectivity index (χ0n) is 14.5. The predicted octanol–water partition coefficient (Wildman–Crippen LogP) is 2.64. The van der Waals surface area contributed by atoms with E-state index < -0.39 is 0 Å². The third-order valence-corrected chi connectivity index (χ3v) is 4.90. The number of rotatable bonds is 2. The number of benzene rings is 1. The van der Waals surface area contributed by atoms with Gasteiger partial charge in [-0.3, -0.25) is 4.79 Å². The van der Waals surface area contributed by atoms with Crippen molar-refractivity contribution in [2.24, 2.45) is 0 Å². The van der Waals surface area contributed by atoms with E-state index >= 15 is 0 Å². The molecular formula is C19H28N2O2. The van der Waals surface area contributed by atoms with Crippen LogP contribution in [0, 0.1) is 0 Å². The van der Waals surface area contributed by atoms with Crippen LogP contribution in [-0.4, -0.2) is 43.2 Å². The summed E-state index contributed by atoms with van der Waals surface area (Å²) >= 11 is 0. The summed E-state index contributed by atoms with van der Waals surface area (Å²) in [6.07, 6.45) is 1.79. The first-order chi connectivity index (χ1) is 11.0. The minimum absolute atomic E-state index is 0.139. The van der Waals surface area contributed by atoms with Gasteiger partial charge in [-0.15, -0.1) is 0 Å². The molecule has 2 unspecified atom stereocenters. The van der Waals surface area contributed by atoms with Gasteiger partial charge in [0.2, 0.25) is 0 Å². The minimum atomic E-state index is -0.321. The molecule has 126 valence electrons. The van der Waals surface area contributed by atoms with E-state index in [9.17, 15) is 4.79 Å². The van der Waals surface area contributed by atoms with Gasteiger partial charge in [0.05, 0.1) is 12.6 Å². The summed E-state index contributed by atoms with van der Waals surface area (Å²) < 4.78 is 5.65. The van der Waals surface area contributed by atoms with Gasteiger partial charge in [0, 0.05) is 19.6 Å². The Kier molecular flexibility index (Phi) is 4.74. The zero-order valence-corrected chi connectivity index (χ0v) is 14.5. The van der Waals surface area contributed by atoms with Crippen LogP contribution in [0.1, 0.15) is 50.8 Å². The number of nitrogens with one attached hydrogen (secondary N) is 1. The quantitative estimate of drug-likeness (QED) is 0.912. The molecule has 0 saturated carbocycles. The fraction of sp³-hybridized carbons (Fsp3) is 0.632. The summed E-state index contributed by atoms with van der Waals surface area (Å²) in [5.41, 5.74) is 2.73. The van der Waals surface area contributed by atoms with E-state index in [2.05, 4.69) is 50.4 Å². The molecule has 0 radical (unpaired) electrons. The fourth-order valence-corrected chi connectivity index (χ4v) is 3.49. The molecule has 0 spiro atoms. The van der Waals surface area contributed by atoms with Gasteiger partial charge in [0.1, 0.15) is 6.10 Å². The Morgan fingerprint density at radius 1 is 1.26 bits per heavy atom. The first kappa shape index (κ1) is 16.5. The van der Waals surface area contributed by atoms with Gasteiger partial charge in [-0.25, -0.2) is 0 Å². The molecule has 1 aromatic rings. The molecule has 2 aliphatic heterocycles. The standard InChI is InChI=1S/C19H28N2O2/c1-19(2,3)15-8-6-14(7-9-15)16-5-4-11-21(16)18(22)17-13-20-10-12-23-17/h6-9,16-17,20H,4-5,10-13H2,1-3H3. The highest BCUT2D eigenvalue weighted by molar-refractivity contribution is 5.82. The lowest BCUT2D eigenvalue weighted by molar-refractivity contribution is -0.146. The Balaban J connectivity index is 1.74. The number of hydrogen-bond donors (Lipinski definition) is 1. The molecule has 1 amide bonds. The molecule has 2 saturated heterocycles. The van der Waals surface area contributed by atoms with Gasteiger partial charge < -0.3 is 15.0 Å². The van der Waals surface area contributed by atoms with E-state index in [0.717, 1.165) is 25.9 Å². The number of nitrogens with zero attached hydrogens (tertiary/aromatic N) is 1. The first-order valence-corrected chi connectivity index (χ1v) is 8.70. The maximum atomic E-state index is 12.8. The van der Waals surface area contributed by atoms with Crippen LogP contribution >= 0.6 is 0 Å². The molecule has 2 fully saturated rings. The number of carbonyl (C=O) groups excluding carboxylic acids is 1. The van der Waals surface area contributed by atoms with Crippen LogP contribution in [0.15, 0.2) is 24.3 Å². The topological polar surface area (TPSA) is 41.6 Å². The molecule has 1 N–H and O–H groups in total. The Hall–Kier alpha value is -1.39. The number of likely N-dealkylation sites (tertiary alicyclic amines) is 1. The summed E-state index contributed by atoms with van der Waals surface area (Å²) in [4.78, 5) is 14.8. The van der Waals surface area contributed by atoms with Crippen molar-refractivity contribution in [3.8, 4) is 0 Å². The van der Waals surface area contributed by atoms with Crippen LogP contribution in [0.5, 0.6) is 0 Å². The van der Waals surface area contributed by atoms with Crippen LogP contribution in [0.3, 0.4) is 0 Å². The van der Waals surface area contributed by atoms with Crippen LogP contribution in [0.25, 0.3) is 0 Å². The van der Waals surface area contributed by atoms with Crippen molar-refractivity contribution in [1.29, 1.82) is 0 Å². The molecule has 0 aromatic heterocycles. The zero-order chi connectivity index (χ0) is 16.4. The maximum absolute atomic E-state index is 12.8. The normalized spacial score (nSPS) is 25.6. The molecular weight excluding hydrogens is 288 g/mol. The van der Waals surface area contributed by atoms with Gasteiger partial charge in [-0.05, 0) is 29.4 Å². The largest absolute Gasteiger partial charge is 0.366 e. The van der Waals surface area contributed by atoms with E-state index in [1.165, 1.54) is 11.1 Å². The summed E-state index contributed by atoms with van der Waals surface area (Å²) in [5, 5.41) is 3.25. The van der Waals surface area contributed by atoms with Crippen molar-refractivity contribution in [2.45, 2.75) is 51.2 Å². The van der Waals surface area contributed by atoms with Crippen molar-refractivity contribution in [3.63, 3.8) is 0 Å². The van der Waals surface area contributed by atoms with Crippen LogP contribution < -0.4 is 5.32 Å². The Morgan fingerprint density at radius 2 is 2.00 bits per heavy atom. The van der Waals surface area contributed by atoms with E-state index in [1.54, 1.807) is 0 Å². The van der Waals surface area contributed by atoms with Gasteiger partial charge >= 0.3 is 0 Å². The monoisotopic (exact) mass is 316 g/mol. The maximum Gasteiger partial charge on any atom is 0.253 e. The van der Waals surface area contributed by atoms with Crippen LogP contribution in [-0.2, 0) is 14.9 Å². The fourth-order valence-electron chi connectivity index (χ4n) is 3.49. The lowest BCUT2D eigenvalue weighted by Crippen LogP contribution is -2.49. The molecule has 4 nitrogen and oxygen atoms in total. The molecule has 1 aromatic carbocycles. The highest BCUT2D eigenvalue weighted by Crippen LogP contribution is 2.34. The van der Waals surface area contributed by atoms with Crippen molar-refractivity contribution in [1.82, 2.24) is 10.2 Å². The molecule has 23 heavy (non-hydrogen) atoms. The highest BCUT2D eigenvalue weighted by Gasteiger charge is 2.35. The van der Waals surface area contributed by atoms with E-state index in [1.807, 2.05) is 4.90 Å². The average molecular weight is 316 g/mol. The summed E-state index contributed by atoms with van der Waals surface area (Å²) in [6.45, 7) is 9.59. The molecule has 2 aliphatic rings. The smallest absolute Gasteiger partial charge is 0.253 e. The predicted molar refractivity (Wildman–Crippen MR) is 91.4 cm³/mol. The number of hydrogen-bond acceptors (Lipinski definition) is 3. The Labute approximate surface area is 139 Å². The van der Waals surface area contributed by atoms with Gasteiger partial charge in [0.15, 0.2) is 0 Å². The summed E-state index contributed by atoms with van der Waals surface area (Å²) in [5.74, 6) is 0.139. The number of ether oxygens (including phenoxy) is 1. The molecule has 0 aliphatic carbocycles. The summed E-state index contributed by atoms with van der Waals surface area (Å²) in [6, 6.07) is 8.99. The van der Waals surface area contributed by atoms with Crippen molar-refractivity contribution in [2.75, 3.05) is 26.2 Å².